The molecule has 3 heterocycles. The highest BCUT2D eigenvalue weighted by Gasteiger charge is 2.47. The van der Waals surface area contributed by atoms with E-state index in [-0.39, 0.29) is 5.41 Å². The van der Waals surface area contributed by atoms with Crippen LogP contribution in [0.3, 0.4) is 0 Å². The molecule has 1 spiro atoms. The van der Waals surface area contributed by atoms with E-state index in [0.717, 1.165) is 52.0 Å². The first-order valence-electron chi connectivity index (χ1n) is 7.64. The summed E-state index contributed by atoms with van der Waals surface area (Å²) in [5.41, 5.74) is 1.22. The van der Waals surface area contributed by atoms with Gasteiger partial charge in [-0.25, -0.2) is 0 Å². The van der Waals surface area contributed by atoms with Crippen molar-refractivity contribution in [2.45, 2.75) is 32.7 Å². The molecule has 1 amide bonds. The van der Waals surface area contributed by atoms with Crippen molar-refractivity contribution in [2.75, 3.05) is 26.2 Å². The number of carbonyl (C=O) groups is 1. The highest BCUT2D eigenvalue weighted by Crippen LogP contribution is 2.41. The van der Waals surface area contributed by atoms with E-state index in [1.165, 1.54) is 5.56 Å². The summed E-state index contributed by atoms with van der Waals surface area (Å²) >= 11 is 0. The molecule has 0 bridgehead atoms. The Kier molecular flexibility index (Phi) is 3.74. The standard InChI is InChI=1S/C16H23N3O/c1-2-19-11-7-16(15(19)20)5-9-18(10-6-16)13-14-4-3-8-17-12-14/h3-4,8,12H,2,5-7,9-11,13H2,1H3. The van der Waals surface area contributed by atoms with Gasteiger partial charge in [0.15, 0.2) is 0 Å². The predicted molar refractivity (Wildman–Crippen MR) is 78.1 cm³/mol. The Balaban J connectivity index is 1.59. The molecule has 0 atom stereocenters. The van der Waals surface area contributed by atoms with Gasteiger partial charge < -0.3 is 4.90 Å². The van der Waals surface area contributed by atoms with Crippen LogP contribution in [0.25, 0.3) is 0 Å². The fourth-order valence-electron chi connectivity index (χ4n) is 3.55. The average Bonchev–Trinajstić information content (AvgIpc) is 2.80. The van der Waals surface area contributed by atoms with Crippen LogP contribution in [0.1, 0.15) is 31.7 Å². The molecule has 0 saturated carbocycles. The minimum Gasteiger partial charge on any atom is -0.342 e. The van der Waals surface area contributed by atoms with Crippen molar-refractivity contribution in [3.05, 3.63) is 30.1 Å². The Morgan fingerprint density at radius 1 is 1.25 bits per heavy atom. The Morgan fingerprint density at radius 2 is 2.00 bits per heavy atom. The van der Waals surface area contributed by atoms with E-state index in [0.29, 0.717) is 5.91 Å². The van der Waals surface area contributed by atoms with Crippen molar-refractivity contribution in [1.29, 1.82) is 0 Å². The van der Waals surface area contributed by atoms with Gasteiger partial charge >= 0.3 is 0 Å². The van der Waals surface area contributed by atoms with Gasteiger partial charge in [0.1, 0.15) is 0 Å². The minimum absolute atomic E-state index is 0.0402. The Morgan fingerprint density at radius 3 is 2.60 bits per heavy atom. The second-order valence-corrected chi connectivity index (χ2v) is 6.05. The van der Waals surface area contributed by atoms with Gasteiger partial charge in [0, 0.05) is 32.0 Å². The Hall–Kier alpha value is -1.42. The second-order valence-electron chi connectivity index (χ2n) is 6.05. The summed E-state index contributed by atoms with van der Waals surface area (Å²) in [6, 6.07) is 4.11. The molecule has 4 heteroatoms. The van der Waals surface area contributed by atoms with Gasteiger partial charge in [-0.3, -0.25) is 14.7 Å². The summed E-state index contributed by atoms with van der Waals surface area (Å²) in [7, 11) is 0. The van der Waals surface area contributed by atoms with Crippen LogP contribution in [0.2, 0.25) is 0 Å². The molecule has 0 unspecified atom stereocenters. The highest BCUT2D eigenvalue weighted by atomic mass is 16.2. The van der Waals surface area contributed by atoms with Crippen LogP contribution in [0.15, 0.2) is 24.5 Å². The fraction of sp³-hybridized carbons (Fsp3) is 0.625. The van der Waals surface area contributed by atoms with Gasteiger partial charge in [-0.15, -0.1) is 0 Å². The molecule has 0 aromatic carbocycles. The fourth-order valence-corrected chi connectivity index (χ4v) is 3.55. The molecule has 0 aliphatic carbocycles. The van der Waals surface area contributed by atoms with Crippen molar-refractivity contribution < 1.29 is 4.79 Å². The molecule has 2 aliphatic rings. The Bertz CT molecular complexity index is 466. The number of hydrogen-bond acceptors (Lipinski definition) is 3. The van der Waals surface area contributed by atoms with Crippen molar-refractivity contribution in [3.63, 3.8) is 0 Å². The topological polar surface area (TPSA) is 36.4 Å². The normalized spacial score (nSPS) is 22.6. The molecule has 20 heavy (non-hydrogen) atoms. The summed E-state index contributed by atoms with van der Waals surface area (Å²) in [5.74, 6) is 0.404. The zero-order valence-corrected chi connectivity index (χ0v) is 12.2. The number of pyridine rings is 1. The Labute approximate surface area is 120 Å². The van der Waals surface area contributed by atoms with Crippen molar-refractivity contribution in [1.82, 2.24) is 14.8 Å². The molecule has 3 rings (SSSR count). The van der Waals surface area contributed by atoms with E-state index in [2.05, 4.69) is 22.9 Å². The number of nitrogens with zero attached hydrogens (tertiary/aromatic N) is 3. The first kappa shape index (κ1) is 13.6. The number of aromatic nitrogens is 1. The van der Waals surface area contributed by atoms with Gasteiger partial charge in [-0.2, -0.15) is 0 Å². The van der Waals surface area contributed by atoms with Gasteiger partial charge in [0.2, 0.25) is 5.91 Å². The number of carbonyl (C=O) groups excluding carboxylic acids is 1. The molecule has 0 radical (unpaired) electrons. The summed E-state index contributed by atoms with van der Waals surface area (Å²) < 4.78 is 0. The van der Waals surface area contributed by atoms with Crippen LogP contribution in [-0.4, -0.2) is 46.9 Å². The van der Waals surface area contributed by atoms with Gasteiger partial charge in [-0.1, -0.05) is 6.07 Å². The van der Waals surface area contributed by atoms with Gasteiger partial charge in [0.05, 0.1) is 5.41 Å². The predicted octanol–water partition coefficient (Wildman–Crippen LogP) is 1.92. The largest absolute Gasteiger partial charge is 0.342 e. The van der Waals surface area contributed by atoms with Crippen LogP contribution in [0.5, 0.6) is 0 Å². The first-order valence-corrected chi connectivity index (χ1v) is 7.64. The maximum absolute atomic E-state index is 12.5. The molecule has 108 valence electrons. The molecule has 2 fully saturated rings. The molecule has 4 nitrogen and oxygen atoms in total. The van der Waals surface area contributed by atoms with E-state index in [4.69, 9.17) is 0 Å². The summed E-state index contributed by atoms with van der Waals surface area (Å²) in [4.78, 5) is 21.1. The third-order valence-electron chi connectivity index (χ3n) is 4.93. The van der Waals surface area contributed by atoms with Crippen LogP contribution >= 0.6 is 0 Å². The molecule has 2 saturated heterocycles. The van der Waals surface area contributed by atoms with Crippen LogP contribution < -0.4 is 0 Å². The third kappa shape index (κ3) is 2.44. The number of rotatable bonds is 3. The molecular weight excluding hydrogens is 250 g/mol. The average molecular weight is 273 g/mol. The molecule has 1 aromatic rings. The maximum Gasteiger partial charge on any atom is 0.228 e. The number of piperidine rings is 1. The lowest BCUT2D eigenvalue weighted by atomic mass is 9.77. The maximum atomic E-state index is 12.5. The number of amides is 1. The molecule has 1 aromatic heterocycles. The number of likely N-dealkylation sites (tertiary alicyclic amines) is 2. The third-order valence-corrected chi connectivity index (χ3v) is 4.93. The lowest BCUT2D eigenvalue weighted by Gasteiger charge is -2.37. The molecule has 2 aliphatic heterocycles. The minimum atomic E-state index is -0.0402. The van der Waals surface area contributed by atoms with E-state index in [1.807, 2.05) is 23.4 Å². The first-order chi connectivity index (χ1) is 9.73. The van der Waals surface area contributed by atoms with Crippen LogP contribution in [0, 0.1) is 5.41 Å². The summed E-state index contributed by atoms with van der Waals surface area (Å²) in [6.45, 7) is 6.90. The lowest BCUT2D eigenvalue weighted by Crippen LogP contribution is -2.44. The monoisotopic (exact) mass is 273 g/mol. The van der Waals surface area contributed by atoms with Crippen molar-refractivity contribution in [2.24, 2.45) is 5.41 Å². The summed E-state index contributed by atoms with van der Waals surface area (Å²) in [6.07, 6.45) is 6.83. The zero-order valence-electron chi connectivity index (χ0n) is 12.2. The van der Waals surface area contributed by atoms with Gasteiger partial charge in [-0.05, 0) is 50.9 Å². The zero-order chi connectivity index (χ0) is 14.0. The SMILES string of the molecule is CCN1CCC2(CCN(Cc3cccnc3)CC2)C1=O. The van der Waals surface area contributed by atoms with E-state index in [1.54, 1.807) is 0 Å². The molecular formula is C16H23N3O. The highest BCUT2D eigenvalue weighted by molar-refractivity contribution is 5.85. The lowest BCUT2D eigenvalue weighted by molar-refractivity contribution is -0.138. The van der Waals surface area contributed by atoms with E-state index in [9.17, 15) is 4.79 Å². The van der Waals surface area contributed by atoms with Crippen molar-refractivity contribution in [3.8, 4) is 0 Å². The smallest absolute Gasteiger partial charge is 0.228 e. The van der Waals surface area contributed by atoms with Crippen LogP contribution in [0.4, 0.5) is 0 Å². The number of hydrogen-bond donors (Lipinski definition) is 0. The molecule has 0 N–H and O–H groups in total. The van der Waals surface area contributed by atoms with E-state index >= 15 is 0 Å². The van der Waals surface area contributed by atoms with E-state index < -0.39 is 0 Å². The second kappa shape index (κ2) is 5.52. The van der Waals surface area contributed by atoms with Crippen molar-refractivity contribution >= 4 is 5.91 Å². The summed E-state index contributed by atoms with van der Waals surface area (Å²) in [5, 5.41) is 0. The quantitative estimate of drug-likeness (QED) is 0.844. The van der Waals surface area contributed by atoms with Crippen LogP contribution in [-0.2, 0) is 11.3 Å². The van der Waals surface area contributed by atoms with Gasteiger partial charge in [0.25, 0.3) is 0 Å².